The van der Waals surface area contributed by atoms with E-state index in [4.69, 9.17) is 0 Å². The lowest BCUT2D eigenvalue weighted by molar-refractivity contribution is 0.562. The van der Waals surface area contributed by atoms with Crippen molar-refractivity contribution in [3.8, 4) is 0 Å². The molecule has 0 saturated heterocycles. The van der Waals surface area contributed by atoms with Gasteiger partial charge in [-0.3, -0.25) is 4.79 Å². The molecular weight excluding hydrogens is 136 g/mol. The Morgan fingerprint density at radius 3 is 2.36 bits per heavy atom. The second-order valence-corrected chi connectivity index (χ2v) is 2.86. The first-order valence-electron chi connectivity index (χ1n) is 3.61. The standard InChI is InChI=1S/C10H11O/c1-7-4-8(2)9(3)10(5-7)6-11/h4-5H,1-3H3. The smallest absolute Gasteiger partial charge is 0.233 e. The monoisotopic (exact) mass is 147 g/mol. The van der Waals surface area contributed by atoms with Crippen molar-refractivity contribution in [3.05, 3.63) is 34.4 Å². The lowest BCUT2D eigenvalue weighted by Crippen LogP contribution is -1.91. The van der Waals surface area contributed by atoms with Crippen molar-refractivity contribution in [3.63, 3.8) is 0 Å². The van der Waals surface area contributed by atoms with Gasteiger partial charge in [-0.2, -0.15) is 0 Å². The van der Waals surface area contributed by atoms with Gasteiger partial charge >= 0.3 is 0 Å². The molecule has 0 N–H and O–H groups in total. The number of benzene rings is 1. The Morgan fingerprint density at radius 1 is 1.18 bits per heavy atom. The van der Waals surface area contributed by atoms with Gasteiger partial charge in [0.15, 0.2) is 0 Å². The molecule has 0 aliphatic heterocycles. The van der Waals surface area contributed by atoms with E-state index in [1.54, 1.807) is 0 Å². The summed E-state index contributed by atoms with van der Waals surface area (Å²) in [6.07, 6.45) is 1.93. The van der Waals surface area contributed by atoms with Gasteiger partial charge in [0, 0.05) is 5.56 Å². The van der Waals surface area contributed by atoms with Crippen LogP contribution in [0.4, 0.5) is 0 Å². The highest BCUT2D eigenvalue weighted by atomic mass is 16.1. The van der Waals surface area contributed by atoms with Crippen molar-refractivity contribution < 1.29 is 4.79 Å². The van der Waals surface area contributed by atoms with Crippen molar-refractivity contribution in [2.45, 2.75) is 20.8 Å². The minimum Gasteiger partial charge on any atom is -0.285 e. The highest BCUT2D eigenvalue weighted by molar-refractivity contribution is 5.78. The Kier molecular flexibility index (Phi) is 2.08. The summed E-state index contributed by atoms with van der Waals surface area (Å²) in [7, 11) is 0. The van der Waals surface area contributed by atoms with E-state index in [2.05, 4.69) is 6.07 Å². The molecule has 1 aromatic carbocycles. The summed E-state index contributed by atoms with van der Waals surface area (Å²) in [5.74, 6) is 0. The summed E-state index contributed by atoms with van der Waals surface area (Å²) in [6.45, 7) is 5.92. The summed E-state index contributed by atoms with van der Waals surface area (Å²) in [5, 5.41) is 0. The van der Waals surface area contributed by atoms with Crippen LogP contribution in [-0.4, -0.2) is 6.29 Å². The van der Waals surface area contributed by atoms with Crippen molar-refractivity contribution in [1.82, 2.24) is 0 Å². The normalized spacial score (nSPS) is 9.73. The van der Waals surface area contributed by atoms with E-state index in [1.807, 2.05) is 33.1 Å². The average Bonchev–Trinajstić information content (AvgIpc) is 1.96. The Labute approximate surface area is 67.1 Å². The minimum atomic E-state index is 0.683. The average molecular weight is 147 g/mol. The highest BCUT2D eigenvalue weighted by Gasteiger charge is 2.00. The van der Waals surface area contributed by atoms with E-state index >= 15 is 0 Å². The van der Waals surface area contributed by atoms with Gasteiger partial charge in [-0.05, 0) is 38.0 Å². The molecule has 1 aromatic rings. The lowest BCUT2D eigenvalue weighted by atomic mass is 10.0. The Balaban J connectivity index is 3.35. The highest BCUT2D eigenvalue weighted by Crippen LogP contribution is 2.13. The van der Waals surface area contributed by atoms with Crippen molar-refractivity contribution in [2.24, 2.45) is 0 Å². The maximum atomic E-state index is 10.4. The van der Waals surface area contributed by atoms with Crippen molar-refractivity contribution >= 4 is 6.29 Å². The zero-order valence-corrected chi connectivity index (χ0v) is 7.06. The zero-order valence-electron chi connectivity index (χ0n) is 7.06. The topological polar surface area (TPSA) is 17.1 Å². The third-order valence-corrected chi connectivity index (χ3v) is 1.92. The van der Waals surface area contributed by atoms with Gasteiger partial charge in [-0.25, -0.2) is 0 Å². The summed E-state index contributed by atoms with van der Waals surface area (Å²) < 4.78 is 0. The molecule has 0 atom stereocenters. The number of carbonyl (C=O) groups excluding carboxylic acids is 1. The molecule has 0 fully saturated rings. The molecular formula is C10H11O. The molecule has 1 heteroatoms. The largest absolute Gasteiger partial charge is 0.285 e. The van der Waals surface area contributed by atoms with Gasteiger partial charge in [0.1, 0.15) is 0 Å². The predicted molar refractivity (Wildman–Crippen MR) is 45.4 cm³/mol. The van der Waals surface area contributed by atoms with Crippen LogP contribution in [0.15, 0.2) is 12.1 Å². The second kappa shape index (κ2) is 2.87. The lowest BCUT2D eigenvalue weighted by Gasteiger charge is -2.03. The Morgan fingerprint density at radius 2 is 1.82 bits per heavy atom. The van der Waals surface area contributed by atoms with E-state index in [0.717, 1.165) is 16.7 Å². The summed E-state index contributed by atoms with van der Waals surface area (Å²) >= 11 is 0. The van der Waals surface area contributed by atoms with Crippen LogP contribution in [0.3, 0.4) is 0 Å². The molecule has 0 amide bonds. The fourth-order valence-corrected chi connectivity index (χ4v) is 1.15. The molecule has 11 heavy (non-hydrogen) atoms. The molecule has 1 radical (unpaired) electrons. The number of hydrogen-bond acceptors (Lipinski definition) is 1. The molecule has 0 unspecified atom stereocenters. The van der Waals surface area contributed by atoms with Crippen LogP contribution in [-0.2, 0) is 4.79 Å². The molecule has 1 nitrogen and oxygen atoms in total. The quantitative estimate of drug-likeness (QED) is 0.594. The van der Waals surface area contributed by atoms with Crippen LogP contribution >= 0.6 is 0 Å². The summed E-state index contributed by atoms with van der Waals surface area (Å²) in [5.41, 5.74) is 3.99. The first-order chi connectivity index (χ1) is 5.15. The molecule has 0 bridgehead atoms. The van der Waals surface area contributed by atoms with Gasteiger partial charge in [-0.15, -0.1) is 0 Å². The molecule has 0 heterocycles. The van der Waals surface area contributed by atoms with Crippen molar-refractivity contribution in [1.29, 1.82) is 0 Å². The molecule has 0 spiro atoms. The number of aryl methyl sites for hydroxylation is 2. The second-order valence-electron chi connectivity index (χ2n) is 2.86. The molecule has 0 saturated carbocycles. The fraction of sp³-hybridized carbons (Fsp3) is 0.300. The molecule has 0 aliphatic rings. The maximum Gasteiger partial charge on any atom is 0.233 e. The molecule has 0 aliphatic carbocycles. The Hall–Kier alpha value is -1.11. The van der Waals surface area contributed by atoms with Crippen LogP contribution in [0, 0.1) is 20.8 Å². The molecule has 0 aromatic heterocycles. The van der Waals surface area contributed by atoms with Gasteiger partial charge in [0.25, 0.3) is 0 Å². The third kappa shape index (κ3) is 1.48. The van der Waals surface area contributed by atoms with E-state index in [1.165, 1.54) is 0 Å². The van der Waals surface area contributed by atoms with E-state index < -0.39 is 0 Å². The predicted octanol–water partition coefficient (Wildman–Crippen LogP) is 2.07. The van der Waals surface area contributed by atoms with Crippen LogP contribution in [0.2, 0.25) is 0 Å². The van der Waals surface area contributed by atoms with Crippen molar-refractivity contribution in [2.75, 3.05) is 0 Å². The zero-order chi connectivity index (χ0) is 8.43. The Bertz CT molecular complexity index is 287. The van der Waals surface area contributed by atoms with Crippen LogP contribution in [0.5, 0.6) is 0 Å². The van der Waals surface area contributed by atoms with E-state index in [0.29, 0.717) is 5.56 Å². The first-order valence-corrected chi connectivity index (χ1v) is 3.61. The van der Waals surface area contributed by atoms with Crippen LogP contribution in [0.25, 0.3) is 0 Å². The molecule has 1 rings (SSSR count). The van der Waals surface area contributed by atoms with E-state index in [9.17, 15) is 4.79 Å². The van der Waals surface area contributed by atoms with Gasteiger partial charge in [0.05, 0.1) is 0 Å². The molecule has 57 valence electrons. The van der Waals surface area contributed by atoms with Gasteiger partial charge in [-0.1, -0.05) is 11.6 Å². The maximum absolute atomic E-state index is 10.4. The SMILES string of the molecule is Cc1cc(C)c(C)c([C]=O)c1. The van der Waals surface area contributed by atoms with Gasteiger partial charge < -0.3 is 0 Å². The van der Waals surface area contributed by atoms with E-state index in [-0.39, 0.29) is 0 Å². The fourth-order valence-electron chi connectivity index (χ4n) is 1.15. The van der Waals surface area contributed by atoms with Gasteiger partial charge in [0.2, 0.25) is 6.29 Å². The minimum absolute atomic E-state index is 0.683. The third-order valence-electron chi connectivity index (χ3n) is 1.92. The van der Waals surface area contributed by atoms with Crippen LogP contribution in [0.1, 0.15) is 22.3 Å². The number of hydrogen-bond donors (Lipinski definition) is 0. The first kappa shape index (κ1) is 7.99. The number of rotatable bonds is 1. The summed E-state index contributed by atoms with van der Waals surface area (Å²) in [6, 6.07) is 3.92. The van der Waals surface area contributed by atoms with Crippen LogP contribution < -0.4 is 0 Å². The summed E-state index contributed by atoms with van der Waals surface area (Å²) in [4.78, 5) is 10.4.